The Morgan fingerprint density at radius 3 is 2.17 bits per heavy atom. The van der Waals surface area contributed by atoms with E-state index in [4.69, 9.17) is 4.74 Å². The summed E-state index contributed by atoms with van der Waals surface area (Å²) in [5.41, 5.74) is 2.32. The lowest BCUT2D eigenvalue weighted by molar-refractivity contribution is -0.306. The van der Waals surface area contributed by atoms with Gasteiger partial charge in [0, 0.05) is 18.0 Å². The lowest BCUT2D eigenvalue weighted by Gasteiger charge is -2.22. The standard InChI is InChI=1S/C25H31NO4/c1-25(2,3)19-12-8-18(9-13-19)24(29)26-22(16-23(27)28)17-10-14-21(15-11-17)30-20-6-4-5-7-20/h8-15,20,22H,4-7,16H2,1-3H3,(H,26,29)(H,27,28)/p-1/t22-/m0/s1. The van der Waals surface area contributed by atoms with E-state index in [1.165, 1.54) is 12.8 Å². The summed E-state index contributed by atoms with van der Waals surface area (Å²) in [4.78, 5) is 24.0. The van der Waals surface area contributed by atoms with Crippen LogP contribution in [-0.2, 0) is 10.2 Å². The fraction of sp³-hybridized carbons (Fsp3) is 0.440. The number of carbonyl (C=O) groups is 2. The molecule has 3 rings (SSSR count). The molecule has 1 amide bonds. The number of benzene rings is 2. The van der Waals surface area contributed by atoms with Crippen LogP contribution in [0.5, 0.6) is 5.75 Å². The molecule has 1 aliphatic rings. The smallest absolute Gasteiger partial charge is 0.251 e. The van der Waals surface area contributed by atoms with Gasteiger partial charge >= 0.3 is 0 Å². The van der Waals surface area contributed by atoms with E-state index in [-0.39, 0.29) is 23.8 Å². The number of carboxylic acid groups (broad SMARTS) is 1. The second-order valence-electron chi connectivity index (χ2n) is 9.02. The minimum Gasteiger partial charge on any atom is -0.550 e. The molecule has 1 atom stereocenters. The maximum Gasteiger partial charge on any atom is 0.251 e. The summed E-state index contributed by atoms with van der Waals surface area (Å²) in [5.74, 6) is -0.760. The average Bonchev–Trinajstić information content (AvgIpc) is 3.20. The van der Waals surface area contributed by atoms with Crippen molar-refractivity contribution in [2.45, 2.75) is 70.4 Å². The van der Waals surface area contributed by atoms with Gasteiger partial charge in [-0.05, 0) is 66.5 Å². The van der Waals surface area contributed by atoms with Gasteiger partial charge in [0.1, 0.15) is 5.75 Å². The molecule has 1 fully saturated rings. The topological polar surface area (TPSA) is 78.5 Å². The van der Waals surface area contributed by atoms with Gasteiger partial charge in [0.25, 0.3) is 5.91 Å². The number of nitrogens with one attached hydrogen (secondary N) is 1. The second kappa shape index (κ2) is 9.33. The minimum atomic E-state index is -1.21. The van der Waals surface area contributed by atoms with E-state index in [1.807, 2.05) is 24.3 Å². The van der Waals surface area contributed by atoms with Crippen LogP contribution in [0, 0.1) is 0 Å². The zero-order valence-corrected chi connectivity index (χ0v) is 17.9. The predicted octanol–water partition coefficient (Wildman–Crippen LogP) is 3.92. The SMILES string of the molecule is CC(C)(C)c1ccc(C(=O)N[C@@H](CC(=O)[O-])c2ccc(OC3CCCC3)cc2)cc1. The van der Waals surface area contributed by atoms with Crippen LogP contribution in [0.15, 0.2) is 48.5 Å². The molecule has 0 aliphatic heterocycles. The van der Waals surface area contributed by atoms with Crippen LogP contribution < -0.4 is 15.2 Å². The van der Waals surface area contributed by atoms with Crippen LogP contribution in [-0.4, -0.2) is 18.0 Å². The number of hydrogen-bond acceptors (Lipinski definition) is 4. The van der Waals surface area contributed by atoms with E-state index in [0.29, 0.717) is 11.1 Å². The number of amides is 1. The van der Waals surface area contributed by atoms with Crippen LogP contribution in [0.25, 0.3) is 0 Å². The Kier molecular flexibility index (Phi) is 6.80. The molecular weight excluding hydrogens is 378 g/mol. The van der Waals surface area contributed by atoms with Gasteiger partial charge in [-0.3, -0.25) is 4.79 Å². The Labute approximate surface area is 178 Å². The molecule has 1 saturated carbocycles. The largest absolute Gasteiger partial charge is 0.550 e. The summed E-state index contributed by atoms with van der Waals surface area (Å²) >= 11 is 0. The van der Waals surface area contributed by atoms with Gasteiger partial charge in [-0.1, -0.05) is 45.0 Å². The summed E-state index contributed by atoms with van der Waals surface area (Å²) in [6.07, 6.45) is 4.48. The van der Waals surface area contributed by atoms with Gasteiger partial charge in [-0.2, -0.15) is 0 Å². The normalized spacial score (nSPS) is 15.6. The Bertz CT molecular complexity index is 860. The molecule has 5 nitrogen and oxygen atoms in total. The third kappa shape index (κ3) is 5.85. The molecule has 30 heavy (non-hydrogen) atoms. The van der Waals surface area contributed by atoms with Crippen molar-refractivity contribution >= 4 is 11.9 Å². The Balaban J connectivity index is 1.70. The third-order valence-electron chi connectivity index (χ3n) is 5.58. The average molecular weight is 409 g/mol. The van der Waals surface area contributed by atoms with Gasteiger partial charge in [0.05, 0.1) is 12.1 Å². The van der Waals surface area contributed by atoms with Gasteiger partial charge in [-0.25, -0.2) is 0 Å². The molecule has 2 aromatic carbocycles. The lowest BCUT2D eigenvalue weighted by Crippen LogP contribution is -2.34. The highest BCUT2D eigenvalue weighted by molar-refractivity contribution is 5.94. The van der Waals surface area contributed by atoms with E-state index in [2.05, 4.69) is 26.1 Å². The Hall–Kier alpha value is -2.82. The highest BCUT2D eigenvalue weighted by Crippen LogP contribution is 2.26. The van der Waals surface area contributed by atoms with Gasteiger partial charge in [-0.15, -0.1) is 0 Å². The number of carboxylic acids is 1. The number of hydrogen-bond donors (Lipinski definition) is 1. The highest BCUT2D eigenvalue weighted by atomic mass is 16.5. The molecule has 160 valence electrons. The zero-order chi connectivity index (χ0) is 21.7. The highest BCUT2D eigenvalue weighted by Gasteiger charge is 2.19. The summed E-state index contributed by atoms with van der Waals surface area (Å²) in [7, 11) is 0. The van der Waals surface area contributed by atoms with Gasteiger partial charge in [0.15, 0.2) is 0 Å². The van der Waals surface area contributed by atoms with Crippen molar-refractivity contribution in [3.05, 3.63) is 65.2 Å². The molecule has 0 aromatic heterocycles. The summed E-state index contributed by atoms with van der Waals surface area (Å²) in [5, 5.41) is 14.1. The molecule has 5 heteroatoms. The van der Waals surface area contributed by atoms with E-state index < -0.39 is 12.0 Å². The van der Waals surface area contributed by atoms with Crippen LogP contribution in [0.4, 0.5) is 0 Å². The zero-order valence-electron chi connectivity index (χ0n) is 17.9. The van der Waals surface area contributed by atoms with Gasteiger partial charge in [0.2, 0.25) is 0 Å². The first-order valence-electron chi connectivity index (χ1n) is 10.6. The maximum atomic E-state index is 12.7. The van der Waals surface area contributed by atoms with Crippen molar-refractivity contribution in [3.63, 3.8) is 0 Å². The molecule has 0 radical (unpaired) electrons. The summed E-state index contributed by atoms with van der Waals surface area (Å²) in [6.45, 7) is 6.33. The Morgan fingerprint density at radius 2 is 1.63 bits per heavy atom. The Morgan fingerprint density at radius 1 is 1.03 bits per heavy atom. The molecule has 1 N–H and O–H groups in total. The van der Waals surface area contributed by atoms with E-state index in [1.54, 1.807) is 24.3 Å². The molecule has 1 aliphatic carbocycles. The molecule has 0 heterocycles. The first kappa shape index (κ1) is 21.9. The predicted molar refractivity (Wildman–Crippen MR) is 114 cm³/mol. The molecule has 0 spiro atoms. The third-order valence-corrected chi connectivity index (χ3v) is 5.58. The summed E-state index contributed by atoms with van der Waals surface area (Å²) < 4.78 is 5.96. The minimum absolute atomic E-state index is 0.00513. The number of rotatable bonds is 7. The van der Waals surface area contributed by atoms with Crippen molar-refractivity contribution in [2.75, 3.05) is 0 Å². The van der Waals surface area contributed by atoms with Crippen LogP contribution in [0.3, 0.4) is 0 Å². The molecular formula is C25H30NO4-. The van der Waals surface area contributed by atoms with Crippen molar-refractivity contribution in [1.82, 2.24) is 5.32 Å². The van der Waals surface area contributed by atoms with E-state index >= 15 is 0 Å². The number of aliphatic carboxylic acids is 1. The first-order valence-corrected chi connectivity index (χ1v) is 10.6. The van der Waals surface area contributed by atoms with E-state index in [9.17, 15) is 14.7 Å². The van der Waals surface area contributed by atoms with Crippen LogP contribution >= 0.6 is 0 Å². The molecule has 0 bridgehead atoms. The van der Waals surface area contributed by atoms with Crippen molar-refractivity contribution in [3.8, 4) is 5.75 Å². The second-order valence-corrected chi connectivity index (χ2v) is 9.02. The fourth-order valence-corrected chi connectivity index (χ4v) is 3.76. The first-order chi connectivity index (χ1) is 14.2. The number of carbonyl (C=O) groups excluding carboxylic acids is 2. The molecule has 0 saturated heterocycles. The van der Waals surface area contributed by atoms with Gasteiger partial charge < -0.3 is 20.0 Å². The van der Waals surface area contributed by atoms with Crippen LogP contribution in [0.2, 0.25) is 0 Å². The van der Waals surface area contributed by atoms with E-state index in [0.717, 1.165) is 24.2 Å². The van der Waals surface area contributed by atoms with Crippen LogP contribution in [0.1, 0.15) is 80.4 Å². The van der Waals surface area contributed by atoms with Crippen molar-refractivity contribution in [2.24, 2.45) is 0 Å². The lowest BCUT2D eigenvalue weighted by atomic mass is 9.86. The monoisotopic (exact) mass is 408 g/mol. The molecule has 2 aromatic rings. The van der Waals surface area contributed by atoms with Crippen molar-refractivity contribution < 1.29 is 19.4 Å². The quantitative estimate of drug-likeness (QED) is 0.753. The fourth-order valence-electron chi connectivity index (χ4n) is 3.76. The maximum absolute atomic E-state index is 12.7. The molecule has 0 unspecified atom stereocenters. The number of ether oxygens (including phenoxy) is 1. The summed E-state index contributed by atoms with van der Waals surface area (Å²) in [6, 6.07) is 14.0. The van der Waals surface area contributed by atoms with Crippen molar-refractivity contribution in [1.29, 1.82) is 0 Å².